The number of nitrogens with one attached hydrogen (secondary N) is 1. The van der Waals surface area contributed by atoms with Crippen LogP contribution < -0.4 is 10.1 Å². The summed E-state index contributed by atoms with van der Waals surface area (Å²) >= 11 is 0. The number of ether oxygens (including phenoxy) is 1. The average Bonchev–Trinajstić information content (AvgIpc) is 2.54. The Morgan fingerprint density at radius 1 is 1.23 bits per heavy atom. The molecule has 0 saturated carbocycles. The monoisotopic (exact) mass is 294 g/mol. The fourth-order valence-electron chi connectivity index (χ4n) is 2.00. The van der Waals surface area contributed by atoms with E-state index in [1.54, 1.807) is 24.3 Å². The first kappa shape index (κ1) is 15.6. The maximum atomic E-state index is 11.9. The van der Waals surface area contributed by atoms with Crippen molar-refractivity contribution >= 4 is 5.91 Å². The third-order valence-corrected chi connectivity index (χ3v) is 3.12. The van der Waals surface area contributed by atoms with E-state index in [1.165, 1.54) is 0 Å². The Balaban J connectivity index is 1.72. The van der Waals surface area contributed by atoms with Crippen LogP contribution in [0.15, 0.2) is 48.5 Å². The zero-order valence-corrected chi connectivity index (χ0v) is 12.5. The Morgan fingerprint density at radius 2 is 2.05 bits per heavy atom. The molecule has 0 aromatic heterocycles. The van der Waals surface area contributed by atoms with E-state index in [0.717, 1.165) is 17.7 Å². The molecule has 0 radical (unpaired) electrons. The molecule has 112 valence electrons. The van der Waals surface area contributed by atoms with Crippen LogP contribution >= 0.6 is 0 Å². The van der Waals surface area contributed by atoms with Crippen LogP contribution in [0.2, 0.25) is 0 Å². The summed E-state index contributed by atoms with van der Waals surface area (Å²) in [5.41, 5.74) is 2.14. The minimum absolute atomic E-state index is 0.173. The van der Waals surface area contributed by atoms with Gasteiger partial charge in [0.15, 0.2) is 0 Å². The number of nitriles is 1. The number of benzene rings is 2. The molecule has 0 aliphatic heterocycles. The Labute approximate surface area is 130 Å². The summed E-state index contributed by atoms with van der Waals surface area (Å²) in [5, 5.41) is 11.6. The minimum Gasteiger partial charge on any atom is -0.494 e. The van der Waals surface area contributed by atoms with Gasteiger partial charge < -0.3 is 10.1 Å². The molecule has 0 atom stereocenters. The van der Waals surface area contributed by atoms with Crippen molar-refractivity contribution in [1.29, 1.82) is 5.26 Å². The highest BCUT2D eigenvalue weighted by Gasteiger charge is 2.05. The van der Waals surface area contributed by atoms with Gasteiger partial charge in [-0.3, -0.25) is 4.79 Å². The highest BCUT2D eigenvalue weighted by molar-refractivity contribution is 5.94. The van der Waals surface area contributed by atoms with E-state index in [1.807, 2.05) is 37.3 Å². The fraction of sp³-hybridized carbons (Fsp3) is 0.222. The molecule has 0 unspecified atom stereocenters. The zero-order valence-electron chi connectivity index (χ0n) is 12.5. The summed E-state index contributed by atoms with van der Waals surface area (Å²) in [4.78, 5) is 11.9. The zero-order chi connectivity index (χ0) is 15.8. The number of hydrogen-bond donors (Lipinski definition) is 1. The molecule has 2 rings (SSSR count). The highest BCUT2D eigenvalue weighted by Crippen LogP contribution is 2.12. The molecule has 1 N–H and O–H groups in total. The van der Waals surface area contributed by atoms with Gasteiger partial charge in [0.1, 0.15) is 5.75 Å². The van der Waals surface area contributed by atoms with Crippen LogP contribution in [0.1, 0.15) is 27.9 Å². The molecular formula is C18H18N2O2. The SMILES string of the molecule is Cc1cccc(OCCCNC(=O)c2cccc(C#N)c2)c1. The van der Waals surface area contributed by atoms with Crippen molar-refractivity contribution in [2.45, 2.75) is 13.3 Å². The first-order valence-corrected chi connectivity index (χ1v) is 7.17. The van der Waals surface area contributed by atoms with Crippen LogP contribution in [0.4, 0.5) is 0 Å². The maximum absolute atomic E-state index is 11.9. The molecule has 0 bridgehead atoms. The molecule has 1 amide bonds. The number of hydrogen-bond acceptors (Lipinski definition) is 3. The number of nitrogens with zero attached hydrogens (tertiary/aromatic N) is 1. The normalized spacial score (nSPS) is 9.82. The second-order valence-electron chi connectivity index (χ2n) is 4.97. The van der Waals surface area contributed by atoms with Gasteiger partial charge >= 0.3 is 0 Å². The van der Waals surface area contributed by atoms with Crippen molar-refractivity contribution in [1.82, 2.24) is 5.32 Å². The molecule has 4 heteroatoms. The van der Waals surface area contributed by atoms with Crippen molar-refractivity contribution in [3.05, 3.63) is 65.2 Å². The standard InChI is InChI=1S/C18H18N2O2/c1-14-5-2-8-17(11-14)22-10-4-9-20-18(21)16-7-3-6-15(12-16)13-19/h2-3,5-8,11-12H,4,9-10H2,1H3,(H,20,21). The van der Waals surface area contributed by atoms with E-state index in [-0.39, 0.29) is 5.91 Å². The largest absolute Gasteiger partial charge is 0.494 e. The van der Waals surface area contributed by atoms with Gasteiger partial charge in [0.05, 0.1) is 18.2 Å². The average molecular weight is 294 g/mol. The molecule has 0 aliphatic carbocycles. The van der Waals surface area contributed by atoms with Crippen molar-refractivity contribution in [2.75, 3.05) is 13.2 Å². The van der Waals surface area contributed by atoms with Gasteiger partial charge in [0.2, 0.25) is 0 Å². The van der Waals surface area contributed by atoms with Crippen LogP contribution in [-0.4, -0.2) is 19.1 Å². The van der Waals surface area contributed by atoms with E-state index in [2.05, 4.69) is 5.32 Å². The van der Waals surface area contributed by atoms with Gasteiger partial charge in [0.25, 0.3) is 5.91 Å². The number of rotatable bonds is 6. The molecule has 0 heterocycles. The minimum atomic E-state index is -0.173. The summed E-state index contributed by atoms with van der Waals surface area (Å²) in [6.45, 7) is 3.09. The van der Waals surface area contributed by atoms with Gasteiger partial charge in [-0.15, -0.1) is 0 Å². The second-order valence-corrected chi connectivity index (χ2v) is 4.97. The predicted octanol–water partition coefficient (Wildman–Crippen LogP) is 3.07. The molecule has 0 aliphatic rings. The lowest BCUT2D eigenvalue weighted by atomic mass is 10.1. The third-order valence-electron chi connectivity index (χ3n) is 3.12. The Kier molecular flexibility index (Phi) is 5.56. The van der Waals surface area contributed by atoms with E-state index in [0.29, 0.717) is 24.3 Å². The smallest absolute Gasteiger partial charge is 0.251 e. The highest BCUT2D eigenvalue weighted by atomic mass is 16.5. The summed E-state index contributed by atoms with van der Waals surface area (Å²) < 4.78 is 5.62. The molecule has 2 aromatic carbocycles. The fourth-order valence-corrected chi connectivity index (χ4v) is 2.00. The van der Waals surface area contributed by atoms with Crippen LogP contribution in [0.5, 0.6) is 5.75 Å². The Hall–Kier alpha value is -2.80. The maximum Gasteiger partial charge on any atom is 0.251 e. The van der Waals surface area contributed by atoms with E-state index in [4.69, 9.17) is 10.00 Å². The molecule has 0 saturated heterocycles. The van der Waals surface area contributed by atoms with Gasteiger partial charge in [-0.2, -0.15) is 5.26 Å². The van der Waals surface area contributed by atoms with Crippen molar-refractivity contribution < 1.29 is 9.53 Å². The molecular weight excluding hydrogens is 276 g/mol. The van der Waals surface area contributed by atoms with E-state index in [9.17, 15) is 4.79 Å². The Morgan fingerprint density at radius 3 is 2.82 bits per heavy atom. The summed E-state index contributed by atoms with van der Waals surface area (Å²) in [5.74, 6) is 0.667. The van der Waals surface area contributed by atoms with Gasteiger partial charge in [-0.05, 0) is 49.2 Å². The molecule has 0 fully saturated rings. The molecule has 4 nitrogen and oxygen atoms in total. The van der Waals surface area contributed by atoms with Crippen LogP contribution in [-0.2, 0) is 0 Å². The number of carbonyl (C=O) groups excluding carboxylic acids is 1. The van der Waals surface area contributed by atoms with Crippen LogP contribution in [0, 0.1) is 18.3 Å². The topological polar surface area (TPSA) is 62.1 Å². The van der Waals surface area contributed by atoms with Gasteiger partial charge in [-0.25, -0.2) is 0 Å². The summed E-state index contributed by atoms with van der Waals surface area (Å²) in [7, 11) is 0. The molecule has 0 spiro atoms. The molecule has 22 heavy (non-hydrogen) atoms. The lowest BCUT2D eigenvalue weighted by Crippen LogP contribution is -2.25. The summed E-state index contributed by atoms with van der Waals surface area (Å²) in [6, 6.07) is 16.5. The number of carbonyl (C=O) groups is 1. The van der Waals surface area contributed by atoms with Crippen LogP contribution in [0.3, 0.4) is 0 Å². The Bertz CT molecular complexity index is 689. The first-order valence-electron chi connectivity index (χ1n) is 7.17. The van der Waals surface area contributed by atoms with Gasteiger partial charge in [0, 0.05) is 12.1 Å². The lowest BCUT2D eigenvalue weighted by molar-refractivity contribution is 0.0951. The quantitative estimate of drug-likeness (QED) is 0.833. The predicted molar refractivity (Wildman–Crippen MR) is 84.8 cm³/mol. The number of aryl methyl sites for hydroxylation is 1. The van der Waals surface area contributed by atoms with Crippen molar-refractivity contribution in [3.63, 3.8) is 0 Å². The molecule has 2 aromatic rings. The van der Waals surface area contributed by atoms with E-state index < -0.39 is 0 Å². The number of amides is 1. The van der Waals surface area contributed by atoms with Crippen LogP contribution in [0.25, 0.3) is 0 Å². The van der Waals surface area contributed by atoms with Gasteiger partial charge in [-0.1, -0.05) is 18.2 Å². The summed E-state index contributed by atoms with van der Waals surface area (Å²) in [6.07, 6.45) is 0.720. The third kappa shape index (κ3) is 4.64. The first-order chi connectivity index (χ1) is 10.7. The van der Waals surface area contributed by atoms with Crippen molar-refractivity contribution in [3.8, 4) is 11.8 Å². The van der Waals surface area contributed by atoms with Crippen molar-refractivity contribution in [2.24, 2.45) is 0 Å². The second kappa shape index (κ2) is 7.84. The lowest BCUT2D eigenvalue weighted by Gasteiger charge is -2.08. The van der Waals surface area contributed by atoms with E-state index >= 15 is 0 Å².